The molecule has 16 heavy (non-hydrogen) atoms. The summed E-state index contributed by atoms with van der Waals surface area (Å²) in [5.41, 5.74) is 2.58. The Morgan fingerprint density at radius 2 is 2.31 bits per heavy atom. The average molecular weight is 239 g/mol. The zero-order chi connectivity index (χ0) is 11.5. The summed E-state index contributed by atoms with van der Waals surface area (Å²) in [6.45, 7) is 2.20. The van der Waals surface area contributed by atoms with E-state index in [2.05, 4.69) is 16.3 Å². The zero-order valence-corrected chi connectivity index (χ0v) is 10.0. The van der Waals surface area contributed by atoms with Crippen molar-refractivity contribution < 1.29 is 4.79 Å². The van der Waals surface area contributed by atoms with Gasteiger partial charge in [-0.2, -0.15) is 0 Å². The molecule has 4 heteroatoms. The second kappa shape index (κ2) is 4.85. The number of hydrogen-bond donors (Lipinski definition) is 1. The Hall–Kier alpha value is -1.06. The van der Waals surface area contributed by atoms with E-state index in [4.69, 9.17) is 11.6 Å². The second-order valence-corrected chi connectivity index (χ2v) is 4.48. The maximum atomic E-state index is 11.3. The molecular weight excluding hydrogens is 224 g/mol. The molecule has 2 rings (SSSR count). The molecule has 1 aromatic rings. The summed E-state index contributed by atoms with van der Waals surface area (Å²) >= 11 is 5.96. The SMILES string of the molecule is CNC(=O)CN1CCc2ccc(Cl)cc2C1. The van der Waals surface area contributed by atoms with Crippen molar-refractivity contribution in [3.63, 3.8) is 0 Å². The van der Waals surface area contributed by atoms with Crippen LogP contribution in [-0.4, -0.2) is 30.9 Å². The van der Waals surface area contributed by atoms with Crippen molar-refractivity contribution in [1.29, 1.82) is 0 Å². The third-order valence-corrected chi connectivity index (χ3v) is 3.14. The molecule has 1 aliphatic rings. The molecule has 1 heterocycles. The van der Waals surface area contributed by atoms with E-state index in [0.717, 1.165) is 24.5 Å². The van der Waals surface area contributed by atoms with E-state index in [9.17, 15) is 4.79 Å². The van der Waals surface area contributed by atoms with Crippen LogP contribution in [0.2, 0.25) is 5.02 Å². The molecule has 0 spiro atoms. The number of nitrogens with one attached hydrogen (secondary N) is 1. The molecule has 1 aromatic carbocycles. The van der Waals surface area contributed by atoms with Gasteiger partial charge in [-0.25, -0.2) is 0 Å². The van der Waals surface area contributed by atoms with Gasteiger partial charge in [-0.15, -0.1) is 0 Å². The highest BCUT2D eigenvalue weighted by Gasteiger charge is 2.17. The molecule has 0 aromatic heterocycles. The Morgan fingerprint density at radius 1 is 1.50 bits per heavy atom. The van der Waals surface area contributed by atoms with Crippen LogP contribution in [0.25, 0.3) is 0 Å². The largest absolute Gasteiger partial charge is 0.358 e. The zero-order valence-electron chi connectivity index (χ0n) is 9.29. The summed E-state index contributed by atoms with van der Waals surface area (Å²) < 4.78 is 0. The van der Waals surface area contributed by atoms with E-state index >= 15 is 0 Å². The minimum absolute atomic E-state index is 0.0606. The topological polar surface area (TPSA) is 32.3 Å². The first-order valence-corrected chi connectivity index (χ1v) is 5.77. The molecule has 0 fully saturated rings. The van der Waals surface area contributed by atoms with Crippen molar-refractivity contribution in [1.82, 2.24) is 10.2 Å². The van der Waals surface area contributed by atoms with Crippen molar-refractivity contribution in [2.45, 2.75) is 13.0 Å². The van der Waals surface area contributed by atoms with Gasteiger partial charge in [-0.3, -0.25) is 9.69 Å². The molecule has 1 amide bonds. The standard InChI is InChI=1S/C12H15ClN2O/c1-14-12(16)8-15-5-4-9-2-3-11(13)6-10(9)7-15/h2-3,6H,4-5,7-8H2,1H3,(H,14,16). The summed E-state index contributed by atoms with van der Waals surface area (Å²) in [6, 6.07) is 6.00. The first-order chi connectivity index (χ1) is 7.69. The van der Waals surface area contributed by atoms with E-state index in [1.54, 1.807) is 7.05 Å². The van der Waals surface area contributed by atoms with Crippen molar-refractivity contribution in [2.24, 2.45) is 0 Å². The van der Waals surface area contributed by atoms with Crippen LogP contribution in [0.3, 0.4) is 0 Å². The van der Waals surface area contributed by atoms with Crippen LogP contribution in [0.5, 0.6) is 0 Å². The van der Waals surface area contributed by atoms with E-state index in [0.29, 0.717) is 6.54 Å². The predicted molar refractivity (Wildman–Crippen MR) is 64.5 cm³/mol. The summed E-state index contributed by atoms with van der Waals surface area (Å²) in [4.78, 5) is 13.4. The second-order valence-electron chi connectivity index (χ2n) is 4.05. The predicted octanol–water partition coefficient (Wildman–Crippen LogP) is 1.44. The van der Waals surface area contributed by atoms with E-state index in [1.165, 1.54) is 11.1 Å². The van der Waals surface area contributed by atoms with Gasteiger partial charge in [0.15, 0.2) is 0 Å². The van der Waals surface area contributed by atoms with E-state index in [-0.39, 0.29) is 5.91 Å². The first kappa shape index (κ1) is 11.4. The monoisotopic (exact) mass is 238 g/mol. The lowest BCUT2D eigenvalue weighted by Gasteiger charge is -2.28. The molecule has 1 aliphatic heterocycles. The van der Waals surface area contributed by atoms with E-state index in [1.807, 2.05) is 12.1 Å². The number of carbonyl (C=O) groups excluding carboxylic acids is 1. The quantitative estimate of drug-likeness (QED) is 0.846. The minimum atomic E-state index is 0.0606. The highest BCUT2D eigenvalue weighted by atomic mass is 35.5. The fourth-order valence-electron chi connectivity index (χ4n) is 2.00. The number of amides is 1. The molecule has 0 saturated heterocycles. The Morgan fingerprint density at radius 3 is 3.06 bits per heavy atom. The van der Waals surface area contributed by atoms with Crippen LogP contribution in [0.4, 0.5) is 0 Å². The summed E-state index contributed by atoms with van der Waals surface area (Å²) in [6.07, 6.45) is 0.990. The highest BCUT2D eigenvalue weighted by molar-refractivity contribution is 6.30. The van der Waals surface area contributed by atoms with Gasteiger partial charge in [0.05, 0.1) is 6.54 Å². The van der Waals surface area contributed by atoms with Crippen LogP contribution in [0, 0.1) is 0 Å². The fourth-order valence-corrected chi connectivity index (χ4v) is 2.20. The number of halogens is 1. The molecular formula is C12H15ClN2O. The molecule has 0 atom stereocenters. The fraction of sp³-hybridized carbons (Fsp3) is 0.417. The molecule has 0 aliphatic carbocycles. The first-order valence-electron chi connectivity index (χ1n) is 5.39. The Labute approximate surface area is 100 Å². The maximum absolute atomic E-state index is 11.3. The number of carbonyl (C=O) groups is 1. The van der Waals surface area contributed by atoms with Gasteiger partial charge in [0.1, 0.15) is 0 Å². The molecule has 0 saturated carbocycles. The van der Waals surface area contributed by atoms with Crippen LogP contribution in [-0.2, 0) is 17.8 Å². The Bertz CT molecular complexity index is 406. The van der Waals surface area contributed by atoms with Crippen molar-refractivity contribution in [2.75, 3.05) is 20.1 Å². The molecule has 0 unspecified atom stereocenters. The lowest BCUT2D eigenvalue weighted by atomic mass is 10.00. The van der Waals surface area contributed by atoms with Crippen molar-refractivity contribution >= 4 is 17.5 Å². The third-order valence-electron chi connectivity index (χ3n) is 2.91. The average Bonchev–Trinajstić information content (AvgIpc) is 2.28. The molecule has 0 bridgehead atoms. The van der Waals surface area contributed by atoms with Gasteiger partial charge in [0, 0.05) is 25.2 Å². The number of benzene rings is 1. The molecule has 86 valence electrons. The summed E-state index contributed by atoms with van der Waals surface area (Å²) in [5.74, 6) is 0.0606. The van der Waals surface area contributed by atoms with E-state index < -0.39 is 0 Å². The maximum Gasteiger partial charge on any atom is 0.233 e. The molecule has 1 N–H and O–H groups in total. The summed E-state index contributed by atoms with van der Waals surface area (Å²) in [5, 5.41) is 3.41. The van der Waals surface area contributed by atoms with Crippen molar-refractivity contribution in [3.05, 3.63) is 34.3 Å². The highest BCUT2D eigenvalue weighted by Crippen LogP contribution is 2.22. The van der Waals surface area contributed by atoms with Crippen LogP contribution in [0.15, 0.2) is 18.2 Å². The smallest absolute Gasteiger partial charge is 0.233 e. The lowest BCUT2D eigenvalue weighted by Crippen LogP contribution is -2.38. The van der Waals surface area contributed by atoms with Crippen LogP contribution in [0.1, 0.15) is 11.1 Å². The number of hydrogen-bond acceptors (Lipinski definition) is 2. The van der Waals surface area contributed by atoms with Gasteiger partial charge in [0.2, 0.25) is 5.91 Å². The normalized spacial score (nSPS) is 15.6. The number of fused-ring (bicyclic) bond motifs is 1. The van der Waals surface area contributed by atoms with Crippen LogP contribution < -0.4 is 5.32 Å². The Balaban J connectivity index is 2.08. The van der Waals surface area contributed by atoms with Gasteiger partial charge in [-0.1, -0.05) is 17.7 Å². The summed E-state index contributed by atoms with van der Waals surface area (Å²) in [7, 11) is 1.66. The number of likely N-dealkylation sites (N-methyl/N-ethyl adjacent to an activating group) is 1. The Kier molecular flexibility index (Phi) is 3.46. The minimum Gasteiger partial charge on any atom is -0.358 e. The van der Waals surface area contributed by atoms with Crippen LogP contribution >= 0.6 is 11.6 Å². The molecule has 0 radical (unpaired) electrons. The number of rotatable bonds is 2. The molecule has 3 nitrogen and oxygen atoms in total. The van der Waals surface area contributed by atoms with Gasteiger partial charge < -0.3 is 5.32 Å². The third kappa shape index (κ3) is 2.54. The van der Waals surface area contributed by atoms with Gasteiger partial charge in [0.25, 0.3) is 0 Å². The lowest BCUT2D eigenvalue weighted by molar-refractivity contribution is -0.121. The number of nitrogens with zero attached hydrogens (tertiary/aromatic N) is 1. The van der Waals surface area contributed by atoms with Gasteiger partial charge in [-0.05, 0) is 29.7 Å². The van der Waals surface area contributed by atoms with Crippen molar-refractivity contribution in [3.8, 4) is 0 Å². The van der Waals surface area contributed by atoms with Gasteiger partial charge >= 0.3 is 0 Å².